The summed E-state index contributed by atoms with van der Waals surface area (Å²) in [6, 6.07) is 0. The summed E-state index contributed by atoms with van der Waals surface area (Å²) in [5.41, 5.74) is 2.69. The Morgan fingerprint density at radius 1 is 1.75 bits per heavy atom. The Bertz CT molecular complexity index is 255. The molecule has 0 amide bonds. The average Bonchev–Trinajstić information content (AvgIpc) is 2.45. The van der Waals surface area contributed by atoms with Crippen molar-refractivity contribution in [3.63, 3.8) is 0 Å². The highest BCUT2D eigenvalue weighted by Gasteiger charge is 1.92. The van der Waals surface area contributed by atoms with E-state index in [4.69, 9.17) is 11.6 Å². The molecule has 0 aliphatic rings. The maximum absolute atomic E-state index is 5.35. The molecule has 1 rings (SSSR count). The number of aryl methyl sites for hydroxylation is 1. The summed E-state index contributed by atoms with van der Waals surface area (Å²) >= 11 is 5.35. The highest BCUT2D eigenvalue weighted by molar-refractivity contribution is 6.25. The van der Waals surface area contributed by atoms with Gasteiger partial charge in [0.05, 0.1) is 6.20 Å². The van der Waals surface area contributed by atoms with Crippen LogP contribution in [-0.2, 0) is 13.6 Å². The zero-order chi connectivity index (χ0) is 8.81. The summed E-state index contributed by atoms with van der Waals surface area (Å²) in [7, 11) is 1.90. The molecule has 0 aliphatic carbocycles. The average molecular weight is 186 g/mol. The van der Waals surface area contributed by atoms with Crippen LogP contribution in [-0.4, -0.2) is 16.3 Å². The van der Waals surface area contributed by atoms with Crippen molar-refractivity contribution in [2.75, 3.05) is 6.54 Å². The first-order chi connectivity index (χ1) is 5.83. The van der Waals surface area contributed by atoms with Crippen LogP contribution in [0.25, 0.3) is 0 Å². The zero-order valence-corrected chi connectivity index (χ0v) is 7.75. The lowest BCUT2D eigenvalue weighted by atomic mass is 10.3. The zero-order valence-electron chi connectivity index (χ0n) is 7.00. The fraction of sp³-hybridized carbons (Fsp3) is 0.375. The van der Waals surface area contributed by atoms with Crippen LogP contribution in [0.4, 0.5) is 0 Å². The molecule has 1 aromatic heterocycles. The van der Waals surface area contributed by atoms with E-state index in [-0.39, 0.29) is 0 Å². The predicted octanol–water partition coefficient (Wildman–Crippen LogP) is 1.26. The Kier molecular flexibility index (Phi) is 3.84. The topological polar surface area (TPSA) is 29.9 Å². The van der Waals surface area contributed by atoms with Gasteiger partial charge in [-0.25, -0.2) is 0 Å². The van der Waals surface area contributed by atoms with Crippen molar-refractivity contribution >= 4 is 11.6 Å². The normalized spacial score (nSPS) is 11.2. The van der Waals surface area contributed by atoms with Gasteiger partial charge in [-0.1, -0.05) is 17.7 Å². The van der Waals surface area contributed by atoms with Crippen LogP contribution < -0.4 is 5.32 Å². The van der Waals surface area contributed by atoms with Gasteiger partial charge in [0, 0.05) is 37.4 Å². The molecule has 0 saturated carbocycles. The van der Waals surface area contributed by atoms with E-state index in [0.29, 0.717) is 0 Å². The molecule has 0 fully saturated rings. The SMILES string of the molecule is Cn1cc(CNC/C=C/Cl)cn1. The van der Waals surface area contributed by atoms with E-state index >= 15 is 0 Å². The summed E-state index contributed by atoms with van der Waals surface area (Å²) in [6.45, 7) is 1.62. The molecule has 3 nitrogen and oxygen atoms in total. The smallest absolute Gasteiger partial charge is 0.0534 e. The van der Waals surface area contributed by atoms with Gasteiger partial charge in [0.25, 0.3) is 0 Å². The van der Waals surface area contributed by atoms with Gasteiger partial charge >= 0.3 is 0 Å². The van der Waals surface area contributed by atoms with E-state index in [1.54, 1.807) is 4.68 Å². The number of hydrogen-bond donors (Lipinski definition) is 1. The van der Waals surface area contributed by atoms with Crippen LogP contribution in [0.5, 0.6) is 0 Å². The first-order valence-electron chi connectivity index (χ1n) is 3.76. The molecule has 0 atom stereocenters. The molecule has 12 heavy (non-hydrogen) atoms. The Morgan fingerprint density at radius 3 is 3.17 bits per heavy atom. The van der Waals surface area contributed by atoms with E-state index in [1.165, 1.54) is 11.1 Å². The monoisotopic (exact) mass is 185 g/mol. The van der Waals surface area contributed by atoms with Gasteiger partial charge in [0.2, 0.25) is 0 Å². The number of hydrogen-bond acceptors (Lipinski definition) is 2. The minimum atomic E-state index is 0.790. The van der Waals surface area contributed by atoms with Crippen LogP contribution in [0.1, 0.15) is 5.56 Å². The quantitative estimate of drug-likeness (QED) is 0.716. The van der Waals surface area contributed by atoms with Crippen molar-refractivity contribution in [1.29, 1.82) is 0 Å². The minimum Gasteiger partial charge on any atom is -0.309 e. The van der Waals surface area contributed by atoms with Crippen LogP contribution in [0.3, 0.4) is 0 Å². The summed E-state index contributed by atoms with van der Waals surface area (Å²) in [5, 5.41) is 7.24. The molecule has 66 valence electrons. The Morgan fingerprint density at radius 2 is 2.58 bits per heavy atom. The van der Waals surface area contributed by atoms with Crippen molar-refractivity contribution in [3.05, 3.63) is 29.6 Å². The van der Waals surface area contributed by atoms with Crippen molar-refractivity contribution < 1.29 is 0 Å². The molecule has 0 bridgehead atoms. The molecule has 0 radical (unpaired) electrons. The molecular formula is C8H12ClN3. The van der Waals surface area contributed by atoms with E-state index in [9.17, 15) is 0 Å². The van der Waals surface area contributed by atoms with Crippen LogP contribution >= 0.6 is 11.6 Å². The lowest BCUT2D eigenvalue weighted by molar-refractivity contribution is 0.750. The number of nitrogens with zero attached hydrogens (tertiary/aromatic N) is 2. The molecular weight excluding hydrogens is 174 g/mol. The second-order valence-corrected chi connectivity index (χ2v) is 2.77. The first kappa shape index (κ1) is 9.29. The van der Waals surface area contributed by atoms with E-state index in [1.807, 2.05) is 25.5 Å². The van der Waals surface area contributed by atoms with Crippen LogP contribution in [0.2, 0.25) is 0 Å². The molecule has 1 aromatic rings. The van der Waals surface area contributed by atoms with Gasteiger partial charge in [-0.05, 0) is 0 Å². The Hall–Kier alpha value is -0.800. The molecule has 1 N–H and O–H groups in total. The minimum absolute atomic E-state index is 0.790. The summed E-state index contributed by atoms with van der Waals surface area (Å²) in [4.78, 5) is 0. The van der Waals surface area contributed by atoms with Crippen molar-refractivity contribution in [3.8, 4) is 0 Å². The van der Waals surface area contributed by atoms with Gasteiger partial charge in [-0.2, -0.15) is 5.10 Å². The van der Waals surface area contributed by atoms with Crippen molar-refractivity contribution in [1.82, 2.24) is 15.1 Å². The largest absolute Gasteiger partial charge is 0.309 e. The first-order valence-corrected chi connectivity index (χ1v) is 4.20. The standard InChI is InChI=1S/C8H12ClN3/c1-12-7-8(6-11-12)5-10-4-2-3-9/h2-3,6-7,10H,4-5H2,1H3/b3-2+. The fourth-order valence-electron chi connectivity index (χ4n) is 0.908. The van der Waals surface area contributed by atoms with Gasteiger partial charge < -0.3 is 5.32 Å². The van der Waals surface area contributed by atoms with Gasteiger partial charge in [0.15, 0.2) is 0 Å². The summed E-state index contributed by atoms with van der Waals surface area (Å²) in [6.07, 6.45) is 5.69. The second kappa shape index (κ2) is 4.95. The molecule has 1 heterocycles. The third-order valence-corrected chi connectivity index (χ3v) is 1.62. The molecule has 0 aromatic carbocycles. The number of aromatic nitrogens is 2. The molecule has 4 heteroatoms. The highest BCUT2D eigenvalue weighted by Crippen LogP contribution is 1.94. The lowest BCUT2D eigenvalue weighted by Gasteiger charge is -1.96. The predicted molar refractivity (Wildman–Crippen MR) is 49.9 cm³/mol. The third-order valence-electron chi connectivity index (χ3n) is 1.44. The Labute approximate surface area is 77.0 Å². The summed E-state index contributed by atoms with van der Waals surface area (Å²) in [5.74, 6) is 0. The number of nitrogens with one attached hydrogen (secondary N) is 1. The maximum Gasteiger partial charge on any atom is 0.0534 e. The van der Waals surface area contributed by atoms with Crippen LogP contribution in [0, 0.1) is 0 Å². The van der Waals surface area contributed by atoms with Crippen LogP contribution in [0.15, 0.2) is 24.0 Å². The third kappa shape index (κ3) is 3.07. The number of halogens is 1. The van der Waals surface area contributed by atoms with Gasteiger partial charge in [0.1, 0.15) is 0 Å². The van der Waals surface area contributed by atoms with Crippen molar-refractivity contribution in [2.24, 2.45) is 7.05 Å². The molecule has 0 spiro atoms. The summed E-state index contributed by atoms with van der Waals surface area (Å²) < 4.78 is 1.79. The van der Waals surface area contributed by atoms with E-state index in [2.05, 4.69) is 10.4 Å². The molecule has 0 unspecified atom stereocenters. The lowest BCUT2D eigenvalue weighted by Crippen LogP contribution is -2.12. The molecule has 0 saturated heterocycles. The Balaban J connectivity index is 2.24. The molecule has 0 aliphatic heterocycles. The van der Waals surface area contributed by atoms with Gasteiger partial charge in [-0.3, -0.25) is 4.68 Å². The van der Waals surface area contributed by atoms with E-state index < -0.39 is 0 Å². The van der Waals surface area contributed by atoms with Crippen molar-refractivity contribution in [2.45, 2.75) is 6.54 Å². The second-order valence-electron chi connectivity index (χ2n) is 2.51. The fourth-order valence-corrected chi connectivity index (χ4v) is 0.997. The maximum atomic E-state index is 5.35. The number of rotatable bonds is 4. The van der Waals surface area contributed by atoms with Gasteiger partial charge in [-0.15, -0.1) is 0 Å². The highest BCUT2D eigenvalue weighted by atomic mass is 35.5. The van der Waals surface area contributed by atoms with E-state index in [0.717, 1.165) is 13.1 Å².